The summed E-state index contributed by atoms with van der Waals surface area (Å²) in [5.41, 5.74) is 2.92. The average Bonchev–Trinajstić information content (AvgIpc) is 3.17. The van der Waals surface area contributed by atoms with E-state index in [4.69, 9.17) is 14.1 Å². The van der Waals surface area contributed by atoms with Gasteiger partial charge in [-0.3, -0.25) is 4.79 Å². The minimum atomic E-state index is -0.558. The Kier molecular flexibility index (Phi) is 5.01. The highest BCUT2D eigenvalue weighted by molar-refractivity contribution is 6.01. The first-order valence-corrected chi connectivity index (χ1v) is 10.2. The van der Waals surface area contributed by atoms with Crippen molar-refractivity contribution < 1.29 is 23.3 Å². The highest BCUT2D eigenvalue weighted by Gasteiger charge is 2.38. The Labute approximate surface area is 183 Å². The Bertz CT molecular complexity index is 1200. The van der Waals surface area contributed by atoms with Gasteiger partial charge in [-0.05, 0) is 58.5 Å². The minimum Gasteiger partial charge on any atom is -0.497 e. The zero-order valence-electron chi connectivity index (χ0n) is 17.5. The largest absolute Gasteiger partial charge is 0.497 e. The topological polar surface area (TPSA) is 98.5 Å². The number of methoxy groups -OCH3 is 2. The molecule has 2 heterocycles. The van der Waals surface area contributed by atoms with E-state index in [-0.39, 0.29) is 17.5 Å². The number of nitrogens with one attached hydrogen (secondary N) is 2. The summed E-state index contributed by atoms with van der Waals surface area (Å²) in [6.45, 7) is 0. The fourth-order valence-corrected chi connectivity index (χ4v) is 4.37. The van der Waals surface area contributed by atoms with Crippen LogP contribution >= 0.6 is 0 Å². The monoisotopic (exact) mass is 436 g/mol. The molecular weight excluding hydrogens is 415 g/mol. The standard InChI is InChI=1S/C23H21FN4O4/c1-30-15-7-8-19(31-2)16(11-15)21-20-17(25-22-23(26-21)28-32-27-22)9-13(10-18(20)29)12-3-5-14(24)6-4-12/h3-8,11,13,21H,9-10H2,1-2H3,(H,25,27)(H,26,28)/t13-,21-/m0/s1. The number of hydrogen-bond acceptors (Lipinski definition) is 8. The van der Waals surface area contributed by atoms with E-state index in [2.05, 4.69) is 20.9 Å². The van der Waals surface area contributed by atoms with Gasteiger partial charge in [0.1, 0.15) is 17.3 Å². The number of fused-ring (bicyclic) bond motifs is 1. The van der Waals surface area contributed by atoms with Gasteiger partial charge in [-0.15, -0.1) is 0 Å². The fourth-order valence-electron chi connectivity index (χ4n) is 4.37. The molecule has 0 fully saturated rings. The van der Waals surface area contributed by atoms with Crippen molar-refractivity contribution >= 4 is 17.4 Å². The first-order chi connectivity index (χ1) is 15.6. The van der Waals surface area contributed by atoms with E-state index in [1.807, 2.05) is 6.07 Å². The van der Waals surface area contributed by atoms with Gasteiger partial charge < -0.3 is 20.1 Å². The molecule has 164 valence electrons. The lowest BCUT2D eigenvalue weighted by atomic mass is 9.78. The summed E-state index contributed by atoms with van der Waals surface area (Å²) in [7, 11) is 3.16. The number of allylic oxidation sites excluding steroid dienone is 1. The quantitative estimate of drug-likeness (QED) is 0.628. The SMILES string of the molecule is COc1ccc(OC)c([C@@H]2Nc3nonc3NC3=C2C(=O)C[C@@H](c2ccc(F)cc2)C3)c1. The summed E-state index contributed by atoms with van der Waals surface area (Å²) in [5, 5.41) is 14.4. The van der Waals surface area contributed by atoms with Gasteiger partial charge in [0.25, 0.3) is 0 Å². The van der Waals surface area contributed by atoms with Crippen LogP contribution in [0.4, 0.5) is 16.0 Å². The van der Waals surface area contributed by atoms with Crippen LogP contribution in [0, 0.1) is 5.82 Å². The Hall–Kier alpha value is -3.88. The van der Waals surface area contributed by atoms with Crippen molar-refractivity contribution in [1.29, 1.82) is 0 Å². The van der Waals surface area contributed by atoms with Crippen molar-refractivity contribution in [3.8, 4) is 11.5 Å². The summed E-state index contributed by atoms with van der Waals surface area (Å²) in [6.07, 6.45) is 0.843. The first-order valence-electron chi connectivity index (χ1n) is 10.2. The van der Waals surface area contributed by atoms with Crippen molar-refractivity contribution in [3.63, 3.8) is 0 Å². The highest BCUT2D eigenvalue weighted by Crippen LogP contribution is 2.45. The molecule has 0 bridgehead atoms. The second kappa shape index (κ2) is 7.99. The molecule has 0 spiro atoms. The van der Waals surface area contributed by atoms with Gasteiger partial charge in [0.15, 0.2) is 5.78 Å². The highest BCUT2D eigenvalue weighted by atomic mass is 19.1. The number of carbonyl (C=O) groups excluding carboxylic acids is 1. The smallest absolute Gasteiger partial charge is 0.219 e. The number of nitrogens with zero attached hydrogens (tertiary/aromatic N) is 2. The van der Waals surface area contributed by atoms with Crippen molar-refractivity contribution in [3.05, 3.63) is 70.7 Å². The molecule has 3 aromatic rings. The molecule has 8 nitrogen and oxygen atoms in total. The third kappa shape index (κ3) is 3.45. The van der Waals surface area contributed by atoms with E-state index in [9.17, 15) is 9.18 Å². The lowest BCUT2D eigenvalue weighted by Gasteiger charge is -2.30. The Morgan fingerprint density at radius 3 is 2.56 bits per heavy atom. The van der Waals surface area contributed by atoms with Crippen LogP contribution in [-0.2, 0) is 4.79 Å². The van der Waals surface area contributed by atoms with Gasteiger partial charge in [0.05, 0.1) is 20.3 Å². The summed E-state index contributed by atoms with van der Waals surface area (Å²) in [5.74, 6) is 1.59. The van der Waals surface area contributed by atoms with Crippen LogP contribution < -0.4 is 20.1 Å². The molecule has 0 amide bonds. The molecule has 2 N–H and O–H groups in total. The summed E-state index contributed by atoms with van der Waals surface area (Å²) in [6, 6.07) is 11.1. The minimum absolute atomic E-state index is 0.0301. The molecule has 0 unspecified atom stereocenters. The number of halogens is 1. The number of anilines is 2. The van der Waals surface area contributed by atoms with Gasteiger partial charge in [0, 0.05) is 23.3 Å². The average molecular weight is 436 g/mol. The van der Waals surface area contributed by atoms with E-state index >= 15 is 0 Å². The molecule has 9 heteroatoms. The molecule has 1 aliphatic carbocycles. The number of ketones is 1. The predicted octanol–water partition coefficient (Wildman–Crippen LogP) is 4.21. The van der Waals surface area contributed by atoms with Crippen LogP contribution in [0.15, 0.2) is 58.4 Å². The van der Waals surface area contributed by atoms with Gasteiger partial charge >= 0.3 is 0 Å². The molecule has 1 aliphatic heterocycles. The predicted molar refractivity (Wildman–Crippen MR) is 114 cm³/mol. The molecule has 0 saturated heterocycles. The zero-order valence-corrected chi connectivity index (χ0v) is 17.5. The molecule has 5 rings (SSSR count). The number of rotatable bonds is 4. The molecule has 0 saturated carbocycles. The normalized spacial score (nSPS) is 19.9. The molecule has 2 atom stereocenters. The van der Waals surface area contributed by atoms with E-state index in [0.29, 0.717) is 47.2 Å². The lowest BCUT2D eigenvalue weighted by molar-refractivity contribution is -0.116. The molecule has 2 aliphatic rings. The van der Waals surface area contributed by atoms with Crippen LogP contribution in [0.1, 0.15) is 35.9 Å². The van der Waals surface area contributed by atoms with E-state index in [1.54, 1.807) is 38.5 Å². The third-order valence-corrected chi connectivity index (χ3v) is 5.92. The van der Waals surface area contributed by atoms with E-state index < -0.39 is 6.04 Å². The summed E-state index contributed by atoms with van der Waals surface area (Å²) < 4.78 is 29.3. The summed E-state index contributed by atoms with van der Waals surface area (Å²) in [4.78, 5) is 13.5. The van der Waals surface area contributed by atoms with Crippen LogP contribution in [0.2, 0.25) is 0 Å². The lowest BCUT2D eigenvalue weighted by Crippen LogP contribution is -2.27. The van der Waals surface area contributed by atoms with Crippen LogP contribution in [0.5, 0.6) is 11.5 Å². The van der Waals surface area contributed by atoms with Gasteiger partial charge in [0.2, 0.25) is 11.6 Å². The van der Waals surface area contributed by atoms with Crippen LogP contribution in [0.25, 0.3) is 0 Å². The van der Waals surface area contributed by atoms with Crippen molar-refractivity contribution in [2.75, 3.05) is 24.9 Å². The second-order valence-corrected chi connectivity index (χ2v) is 7.74. The molecule has 32 heavy (non-hydrogen) atoms. The Balaban J connectivity index is 1.62. The van der Waals surface area contributed by atoms with Crippen LogP contribution in [-0.4, -0.2) is 30.3 Å². The maximum absolute atomic E-state index is 13.5. The maximum atomic E-state index is 13.5. The van der Waals surface area contributed by atoms with Gasteiger partial charge in [-0.2, -0.15) is 0 Å². The number of hydrogen-bond donors (Lipinski definition) is 2. The fraction of sp³-hybridized carbons (Fsp3) is 0.261. The Morgan fingerprint density at radius 1 is 1.03 bits per heavy atom. The van der Waals surface area contributed by atoms with E-state index in [1.165, 1.54) is 12.1 Å². The molecule has 1 aromatic heterocycles. The van der Waals surface area contributed by atoms with Crippen molar-refractivity contribution in [1.82, 2.24) is 10.3 Å². The molecular formula is C23H21FN4O4. The van der Waals surface area contributed by atoms with Gasteiger partial charge in [-0.25, -0.2) is 9.02 Å². The molecule has 0 radical (unpaired) electrons. The van der Waals surface area contributed by atoms with E-state index in [0.717, 1.165) is 11.1 Å². The first kappa shape index (κ1) is 20.0. The van der Waals surface area contributed by atoms with Crippen molar-refractivity contribution in [2.45, 2.75) is 24.8 Å². The number of aromatic nitrogens is 2. The number of ether oxygens (including phenoxy) is 2. The third-order valence-electron chi connectivity index (χ3n) is 5.92. The van der Waals surface area contributed by atoms with Crippen molar-refractivity contribution in [2.24, 2.45) is 0 Å². The number of Topliss-reactive ketones (excluding diaryl/α,β-unsaturated/α-hetero) is 1. The second-order valence-electron chi connectivity index (χ2n) is 7.74. The summed E-state index contributed by atoms with van der Waals surface area (Å²) >= 11 is 0. The number of carbonyl (C=O) groups is 1. The van der Waals surface area contributed by atoms with Gasteiger partial charge in [-0.1, -0.05) is 12.1 Å². The maximum Gasteiger partial charge on any atom is 0.219 e. The van der Waals surface area contributed by atoms with Crippen LogP contribution in [0.3, 0.4) is 0 Å². The molecule has 2 aromatic carbocycles. The zero-order chi connectivity index (χ0) is 22.2. The number of benzene rings is 2. The Morgan fingerprint density at radius 2 is 1.81 bits per heavy atom.